The van der Waals surface area contributed by atoms with E-state index in [2.05, 4.69) is 15.4 Å². The molecule has 0 atom stereocenters. The lowest BCUT2D eigenvalue weighted by Gasteiger charge is -2.12. The molecule has 2 heterocycles. The summed E-state index contributed by atoms with van der Waals surface area (Å²) >= 11 is 6.25. The van der Waals surface area contributed by atoms with Crippen LogP contribution in [0.1, 0.15) is 27.2 Å². The minimum absolute atomic E-state index is 0.214. The second kappa shape index (κ2) is 7.44. The summed E-state index contributed by atoms with van der Waals surface area (Å²) in [6.45, 7) is 4.33. The van der Waals surface area contributed by atoms with Gasteiger partial charge in [0.2, 0.25) is 0 Å². The second-order valence-corrected chi connectivity index (χ2v) is 7.14. The maximum Gasteiger partial charge on any atom is 0.258 e. The monoisotopic (exact) mass is 390 g/mol. The van der Waals surface area contributed by atoms with E-state index in [4.69, 9.17) is 11.6 Å². The number of carbonyl (C=O) groups excluding carboxylic acids is 1. The number of aryl methyl sites for hydroxylation is 2. The number of amides is 1. The van der Waals surface area contributed by atoms with Crippen LogP contribution in [0.4, 0.5) is 5.82 Å². The SMILES string of the molecule is Cc1ccc2nc(C)c(C(=O)Nc3ccnn3Cc3ccccc3Cl)cc2c1. The molecule has 0 aliphatic heterocycles. The number of anilines is 1. The second-order valence-electron chi connectivity index (χ2n) is 6.74. The Balaban J connectivity index is 1.61. The van der Waals surface area contributed by atoms with Crippen molar-refractivity contribution in [2.24, 2.45) is 0 Å². The molecule has 2 aromatic carbocycles. The molecular formula is C22H19ClN4O. The Bertz CT molecular complexity index is 1180. The smallest absolute Gasteiger partial charge is 0.258 e. The average molecular weight is 391 g/mol. The van der Waals surface area contributed by atoms with Crippen molar-refractivity contribution in [1.29, 1.82) is 0 Å². The number of aromatic nitrogens is 3. The molecule has 6 heteroatoms. The maximum absolute atomic E-state index is 12.9. The van der Waals surface area contributed by atoms with Crippen molar-refractivity contribution in [2.75, 3.05) is 5.32 Å². The molecule has 0 saturated carbocycles. The maximum atomic E-state index is 12.9. The van der Waals surface area contributed by atoms with Crippen LogP contribution in [0.2, 0.25) is 5.02 Å². The first-order valence-electron chi connectivity index (χ1n) is 8.96. The zero-order chi connectivity index (χ0) is 19.7. The molecule has 4 rings (SSSR count). The Hall–Kier alpha value is -3.18. The van der Waals surface area contributed by atoms with Crippen molar-refractivity contribution in [2.45, 2.75) is 20.4 Å². The number of hydrogen-bond acceptors (Lipinski definition) is 3. The van der Waals surface area contributed by atoms with Gasteiger partial charge in [-0.15, -0.1) is 0 Å². The average Bonchev–Trinajstić information content (AvgIpc) is 3.10. The highest BCUT2D eigenvalue weighted by molar-refractivity contribution is 6.31. The number of halogens is 1. The normalized spacial score (nSPS) is 11.0. The first-order valence-corrected chi connectivity index (χ1v) is 9.33. The molecule has 4 aromatic rings. The van der Waals surface area contributed by atoms with Crippen LogP contribution in [0.25, 0.3) is 10.9 Å². The van der Waals surface area contributed by atoms with Crippen molar-refractivity contribution < 1.29 is 4.79 Å². The van der Waals surface area contributed by atoms with Crippen LogP contribution in [-0.2, 0) is 6.54 Å². The third kappa shape index (κ3) is 3.62. The van der Waals surface area contributed by atoms with E-state index in [1.54, 1.807) is 16.9 Å². The number of nitrogens with one attached hydrogen (secondary N) is 1. The van der Waals surface area contributed by atoms with Gasteiger partial charge >= 0.3 is 0 Å². The highest BCUT2D eigenvalue weighted by atomic mass is 35.5. The number of pyridine rings is 1. The predicted molar refractivity (Wildman–Crippen MR) is 112 cm³/mol. The predicted octanol–water partition coefficient (Wildman–Crippen LogP) is 5.00. The highest BCUT2D eigenvalue weighted by Gasteiger charge is 2.15. The summed E-state index contributed by atoms with van der Waals surface area (Å²) < 4.78 is 1.72. The zero-order valence-electron chi connectivity index (χ0n) is 15.6. The number of benzene rings is 2. The van der Waals surface area contributed by atoms with E-state index in [1.165, 1.54) is 0 Å². The van der Waals surface area contributed by atoms with Gasteiger partial charge in [0.15, 0.2) is 0 Å². The molecular weight excluding hydrogens is 372 g/mol. The first kappa shape index (κ1) is 18.2. The fourth-order valence-electron chi connectivity index (χ4n) is 3.16. The number of hydrogen-bond donors (Lipinski definition) is 1. The lowest BCUT2D eigenvalue weighted by atomic mass is 10.1. The molecule has 0 bridgehead atoms. The summed E-state index contributed by atoms with van der Waals surface area (Å²) in [5.41, 5.74) is 4.17. The van der Waals surface area contributed by atoms with E-state index in [-0.39, 0.29) is 5.91 Å². The highest BCUT2D eigenvalue weighted by Crippen LogP contribution is 2.21. The Morgan fingerprint density at radius 1 is 1.11 bits per heavy atom. The van der Waals surface area contributed by atoms with Crippen LogP contribution in [0, 0.1) is 13.8 Å². The van der Waals surface area contributed by atoms with Gasteiger partial charge in [-0.05, 0) is 43.7 Å². The van der Waals surface area contributed by atoms with Crippen LogP contribution in [0.3, 0.4) is 0 Å². The fraction of sp³-hybridized carbons (Fsp3) is 0.136. The van der Waals surface area contributed by atoms with Crippen LogP contribution in [0.5, 0.6) is 0 Å². The molecule has 0 fully saturated rings. The van der Waals surface area contributed by atoms with Gasteiger partial charge in [-0.3, -0.25) is 9.78 Å². The van der Waals surface area contributed by atoms with Crippen molar-refractivity contribution in [3.63, 3.8) is 0 Å². The van der Waals surface area contributed by atoms with Crippen LogP contribution in [0.15, 0.2) is 60.8 Å². The molecule has 0 aliphatic rings. The molecule has 1 N–H and O–H groups in total. The topological polar surface area (TPSA) is 59.8 Å². The van der Waals surface area contributed by atoms with Gasteiger partial charge in [0, 0.05) is 16.5 Å². The van der Waals surface area contributed by atoms with E-state index >= 15 is 0 Å². The van der Waals surface area contributed by atoms with E-state index < -0.39 is 0 Å². The van der Waals surface area contributed by atoms with E-state index in [0.717, 1.165) is 22.0 Å². The lowest BCUT2D eigenvalue weighted by Crippen LogP contribution is -2.17. The first-order chi connectivity index (χ1) is 13.5. The summed E-state index contributed by atoms with van der Waals surface area (Å²) in [5, 5.41) is 8.87. The minimum atomic E-state index is -0.214. The van der Waals surface area contributed by atoms with Crippen LogP contribution in [-0.4, -0.2) is 20.7 Å². The summed E-state index contributed by atoms with van der Waals surface area (Å²) in [4.78, 5) is 17.5. The Labute approximate surface area is 168 Å². The molecule has 0 unspecified atom stereocenters. The van der Waals surface area contributed by atoms with Gasteiger partial charge in [0.05, 0.1) is 29.5 Å². The van der Waals surface area contributed by atoms with Crippen LogP contribution < -0.4 is 5.32 Å². The molecule has 0 saturated heterocycles. The Morgan fingerprint density at radius 2 is 1.93 bits per heavy atom. The molecule has 1 amide bonds. The number of rotatable bonds is 4. The van der Waals surface area contributed by atoms with Gasteiger partial charge in [-0.1, -0.05) is 41.4 Å². The third-order valence-corrected chi connectivity index (χ3v) is 5.01. The van der Waals surface area contributed by atoms with Crippen LogP contribution >= 0.6 is 11.6 Å². The molecule has 0 spiro atoms. The summed E-state index contributed by atoms with van der Waals surface area (Å²) in [6, 6.07) is 17.3. The largest absolute Gasteiger partial charge is 0.307 e. The van der Waals surface area contributed by atoms with Gasteiger partial charge < -0.3 is 5.32 Å². The summed E-state index contributed by atoms with van der Waals surface area (Å²) in [7, 11) is 0. The number of nitrogens with zero attached hydrogens (tertiary/aromatic N) is 3. The molecule has 5 nitrogen and oxygen atoms in total. The van der Waals surface area contributed by atoms with Crippen molar-refractivity contribution in [3.8, 4) is 0 Å². The molecule has 28 heavy (non-hydrogen) atoms. The number of carbonyl (C=O) groups is 1. The zero-order valence-corrected chi connectivity index (χ0v) is 16.4. The van der Waals surface area contributed by atoms with Gasteiger partial charge in [0.25, 0.3) is 5.91 Å². The molecule has 0 aliphatic carbocycles. The van der Waals surface area contributed by atoms with Crippen molar-refractivity contribution in [3.05, 3.63) is 88.2 Å². The van der Waals surface area contributed by atoms with Gasteiger partial charge in [0.1, 0.15) is 5.82 Å². The third-order valence-electron chi connectivity index (χ3n) is 4.64. The molecule has 140 valence electrons. The van der Waals surface area contributed by atoms with Crippen molar-refractivity contribution in [1.82, 2.24) is 14.8 Å². The quantitative estimate of drug-likeness (QED) is 0.533. The Morgan fingerprint density at radius 3 is 2.75 bits per heavy atom. The Kier molecular flexibility index (Phi) is 4.84. The fourth-order valence-corrected chi connectivity index (χ4v) is 3.35. The van der Waals surface area contributed by atoms with E-state index in [0.29, 0.717) is 28.6 Å². The standard InChI is InChI=1S/C22H19ClN4O/c1-14-7-8-20-17(11-14)12-18(15(2)25-20)22(28)26-21-9-10-24-27(21)13-16-5-3-4-6-19(16)23/h3-12H,13H2,1-2H3,(H,26,28). The van der Waals surface area contributed by atoms with Gasteiger partial charge in [-0.25, -0.2) is 4.68 Å². The lowest BCUT2D eigenvalue weighted by molar-refractivity contribution is 0.102. The summed E-state index contributed by atoms with van der Waals surface area (Å²) in [5.74, 6) is 0.392. The van der Waals surface area contributed by atoms with E-state index in [1.807, 2.05) is 62.4 Å². The van der Waals surface area contributed by atoms with Gasteiger partial charge in [-0.2, -0.15) is 5.10 Å². The van der Waals surface area contributed by atoms with E-state index in [9.17, 15) is 4.79 Å². The molecule has 0 radical (unpaired) electrons. The molecule has 2 aromatic heterocycles. The number of fused-ring (bicyclic) bond motifs is 1. The van der Waals surface area contributed by atoms with Crippen molar-refractivity contribution >= 4 is 34.2 Å². The minimum Gasteiger partial charge on any atom is -0.307 e. The summed E-state index contributed by atoms with van der Waals surface area (Å²) in [6.07, 6.45) is 1.65.